The highest BCUT2D eigenvalue weighted by Gasteiger charge is 2.28. The van der Waals surface area contributed by atoms with Crippen LogP contribution in [0.3, 0.4) is 0 Å². The van der Waals surface area contributed by atoms with Crippen LogP contribution in [-0.2, 0) is 18.9 Å². The highest BCUT2D eigenvalue weighted by Crippen LogP contribution is 2.43. The van der Waals surface area contributed by atoms with Crippen LogP contribution in [0.4, 0.5) is 0 Å². The fourth-order valence-corrected chi connectivity index (χ4v) is 2.07. The van der Waals surface area contributed by atoms with Crippen LogP contribution in [-0.4, -0.2) is 29.7 Å². The molecule has 1 atom stereocenters. The van der Waals surface area contributed by atoms with Crippen LogP contribution in [0.2, 0.25) is 0 Å². The first-order valence-electron chi connectivity index (χ1n) is 4.47. The van der Waals surface area contributed by atoms with Crippen LogP contribution in [0.1, 0.15) is 0 Å². The molecule has 0 bridgehead atoms. The van der Waals surface area contributed by atoms with Gasteiger partial charge in [-0.25, -0.2) is 9.68 Å². The van der Waals surface area contributed by atoms with Crippen molar-refractivity contribution in [1.29, 1.82) is 0 Å². The number of carboxylic acids is 1. The normalized spacial score (nSPS) is 14.0. The zero-order chi connectivity index (χ0) is 12.9. The second kappa shape index (κ2) is 5.79. The predicted molar refractivity (Wildman–Crippen MR) is 57.1 cm³/mol. The van der Waals surface area contributed by atoms with Crippen molar-refractivity contribution in [2.24, 2.45) is 0 Å². The number of hydrogen-bond acceptors (Lipinski definition) is 5. The lowest BCUT2D eigenvalue weighted by atomic mass is 10.3. The molecule has 0 fully saturated rings. The standard InChI is InChI=1S/C9H11O7P/c1-14-16-17(12,13)8-5-3-2-4-7(8)15-6-9(10)11/h2-5H,6H2,1H3,(H,10,11)(H,12,13). The average molecular weight is 262 g/mol. The summed E-state index contributed by atoms with van der Waals surface area (Å²) in [4.78, 5) is 24.0. The minimum absolute atomic E-state index is 0.0437. The topological polar surface area (TPSA) is 102 Å². The largest absolute Gasteiger partial charge is 0.481 e. The van der Waals surface area contributed by atoms with Gasteiger partial charge in [0, 0.05) is 0 Å². The molecule has 0 heterocycles. The highest BCUT2D eigenvalue weighted by atomic mass is 31.2. The molecule has 0 saturated heterocycles. The molecule has 1 aromatic carbocycles. The second-order valence-corrected chi connectivity index (χ2v) is 4.58. The lowest BCUT2D eigenvalue weighted by Crippen LogP contribution is -2.16. The Balaban J connectivity index is 2.99. The number of aliphatic carboxylic acids is 1. The minimum Gasteiger partial charge on any atom is -0.481 e. The maximum atomic E-state index is 11.7. The van der Waals surface area contributed by atoms with E-state index >= 15 is 0 Å². The summed E-state index contributed by atoms with van der Waals surface area (Å²) in [5, 5.41) is 8.30. The second-order valence-electron chi connectivity index (χ2n) is 2.91. The molecule has 0 saturated carbocycles. The molecule has 0 amide bonds. The Morgan fingerprint density at radius 2 is 2.06 bits per heavy atom. The first-order chi connectivity index (χ1) is 7.97. The number of hydrogen-bond donors (Lipinski definition) is 2. The Morgan fingerprint density at radius 1 is 1.41 bits per heavy atom. The van der Waals surface area contributed by atoms with E-state index in [2.05, 4.69) is 9.56 Å². The third-order valence-corrected chi connectivity index (χ3v) is 3.03. The Hall–Kier alpha value is -1.40. The molecule has 8 heteroatoms. The Bertz CT molecular complexity index is 445. The van der Waals surface area contributed by atoms with Crippen molar-refractivity contribution in [3.63, 3.8) is 0 Å². The first-order valence-corrected chi connectivity index (χ1v) is 6.04. The van der Waals surface area contributed by atoms with E-state index in [1.165, 1.54) is 24.3 Å². The zero-order valence-corrected chi connectivity index (χ0v) is 9.79. The highest BCUT2D eigenvalue weighted by molar-refractivity contribution is 7.61. The monoisotopic (exact) mass is 262 g/mol. The van der Waals surface area contributed by atoms with Gasteiger partial charge in [0.15, 0.2) is 6.61 Å². The van der Waals surface area contributed by atoms with Crippen LogP contribution in [0.15, 0.2) is 24.3 Å². The van der Waals surface area contributed by atoms with Gasteiger partial charge >= 0.3 is 13.6 Å². The van der Waals surface area contributed by atoms with Gasteiger partial charge in [0.2, 0.25) is 0 Å². The number of para-hydroxylation sites is 1. The van der Waals surface area contributed by atoms with Gasteiger partial charge in [0.1, 0.15) is 11.1 Å². The lowest BCUT2D eigenvalue weighted by molar-refractivity contribution is -0.182. The third kappa shape index (κ3) is 3.83. The molecule has 0 aromatic heterocycles. The molecule has 1 rings (SSSR count). The van der Waals surface area contributed by atoms with Crippen molar-refractivity contribution < 1.29 is 33.7 Å². The number of carbonyl (C=O) groups is 1. The summed E-state index contributed by atoms with van der Waals surface area (Å²) in [6, 6.07) is 5.68. The van der Waals surface area contributed by atoms with Crippen LogP contribution in [0.25, 0.3) is 0 Å². The molecule has 0 aliphatic heterocycles. The van der Waals surface area contributed by atoms with Crippen molar-refractivity contribution in [1.82, 2.24) is 0 Å². The van der Waals surface area contributed by atoms with Gasteiger partial charge < -0.3 is 14.7 Å². The van der Waals surface area contributed by atoms with Crippen molar-refractivity contribution in [2.45, 2.75) is 0 Å². The van der Waals surface area contributed by atoms with Crippen LogP contribution >= 0.6 is 7.60 Å². The number of carboxylic acid groups (broad SMARTS) is 1. The smallest absolute Gasteiger partial charge is 0.389 e. The molecule has 0 aliphatic rings. The van der Waals surface area contributed by atoms with E-state index in [-0.39, 0.29) is 11.1 Å². The van der Waals surface area contributed by atoms with Crippen molar-refractivity contribution >= 4 is 18.9 Å². The molecule has 0 spiro atoms. The summed E-state index contributed by atoms with van der Waals surface area (Å²) in [5.74, 6) is -1.24. The average Bonchev–Trinajstić information content (AvgIpc) is 2.26. The molecular weight excluding hydrogens is 251 g/mol. The molecule has 1 aromatic rings. The Morgan fingerprint density at radius 3 is 2.65 bits per heavy atom. The van der Waals surface area contributed by atoms with E-state index in [1.54, 1.807) is 0 Å². The summed E-state index contributed by atoms with van der Waals surface area (Å²) in [6.45, 7) is -0.621. The van der Waals surface area contributed by atoms with Crippen molar-refractivity contribution in [3.8, 4) is 5.75 Å². The van der Waals surface area contributed by atoms with Crippen molar-refractivity contribution in [3.05, 3.63) is 24.3 Å². The van der Waals surface area contributed by atoms with Crippen molar-refractivity contribution in [2.75, 3.05) is 13.7 Å². The van der Waals surface area contributed by atoms with E-state index < -0.39 is 20.2 Å². The molecule has 0 radical (unpaired) electrons. The Labute approximate surface area is 97.0 Å². The SMILES string of the molecule is COOP(=O)(O)c1ccccc1OCC(=O)O. The summed E-state index contributed by atoms with van der Waals surface area (Å²) < 4.78 is 20.8. The molecule has 7 nitrogen and oxygen atoms in total. The molecule has 2 N–H and O–H groups in total. The van der Waals surface area contributed by atoms with E-state index in [0.29, 0.717) is 0 Å². The summed E-state index contributed by atoms with van der Waals surface area (Å²) in [6.07, 6.45) is 0. The van der Waals surface area contributed by atoms with E-state index in [9.17, 15) is 14.3 Å². The molecule has 0 aliphatic carbocycles. The van der Waals surface area contributed by atoms with Gasteiger partial charge in [0.05, 0.1) is 7.11 Å². The van der Waals surface area contributed by atoms with Crippen LogP contribution < -0.4 is 10.0 Å². The van der Waals surface area contributed by atoms with Gasteiger partial charge in [-0.3, -0.25) is 4.57 Å². The van der Waals surface area contributed by atoms with Gasteiger partial charge in [-0.1, -0.05) is 12.1 Å². The zero-order valence-electron chi connectivity index (χ0n) is 8.90. The van der Waals surface area contributed by atoms with Gasteiger partial charge in [0.25, 0.3) is 0 Å². The van der Waals surface area contributed by atoms with E-state index in [0.717, 1.165) is 7.11 Å². The number of rotatable bonds is 6. The molecule has 1 unspecified atom stereocenters. The lowest BCUT2D eigenvalue weighted by Gasteiger charge is -2.13. The maximum absolute atomic E-state index is 11.7. The van der Waals surface area contributed by atoms with Gasteiger partial charge in [-0.05, 0) is 12.1 Å². The van der Waals surface area contributed by atoms with Gasteiger partial charge in [-0.15, -0.1) is 4.67 Å². The first kappa shape index (κ1) is 13.7. The summed E-state index contributed by atoms with van der Waals surface area (Å²) in [5.41, 5.74) is 0. The molecule has 94 valence electrons. The fourth-order valence-electron chi connectivity index (χ4n) is 1.09. The maximum Gasteiger partial charge on any atom is 0.389 e. The minimum atomic E-state index is -4.18. The number of ether oxygens (including phenoxy) is 1. The quantitative estimate of drug-likeness (QED) is 0.438. The summed E-state index contributed by atoms with van der Waals surface area (Å²) in [7, 11) is -3.10. The van der Waals surface area contributed by atoms with Crippen LogP contribution in [0.5, 0.6) is 5.75 Å². The third-order valence-electron chi connectivity index (χ3n) is 1.70. The molecule has 17 heavy (non-hydrogen) atoms. The Kier molecular flexibility index (Phi) is 4.65. The van der Waals surface area contributed by atoms with Gasteiger partial charge in [-0.2, -0.15) is 0 Å². The predicted octanol–water partition coefficient (Wildman–Crippen LogP) is 0.539. The number of benzene rings is 1. The van der Waals surface area contributed by atoms with Crippen LogP contribution in [0, 0.1) is 0 Å². The van der Waals surface area contributed by atoms with E-state index in [1.807, 2.05) is 0 Å². The summed E-state index contributed by atoms with van der Waals surface area (Å²) >= 11 is 0. The molecular formula is C9H11O7P. The fraction of sp³-hybridized carbons (Fsp3) is 0.222. The van der Waals surface area contributed by atoms with E-state index in [4.69, 9.17) is 9.84 Å².